The number of thiophene rings is 1. The lowest BCUT2D eigenvalue weighted by Gasteiger charge is -2.21. The highest BCUT2D eigenvalue weighted by Gasteiger charge is 2.24. The van der Waals surface area contributed by atoms with E-state index >= 15 is 0 Å². The Morgan fingerprint density at radius 3 is 2.67 bits per heavy atom. The molecule has 1 aliphatic carbocycles. The number of rotatable bonds is 7. The summed E-state index contributed by atoms with van der Waals surface area (Å²) in [6, 6.07) is 2.32. The second kappa shape index (κ2) is 7.00. The van der Waals surface area contributed by atoms with Crippen LogP contribution >= 0.6 is 23.1 Å². The van der Waals surface area contributed by atoms with Gasteiger partial charge in [-0.3, -0.25) is 0 Å². The molecule has 7 heteroatoms. The number of nitrogens with one attached hydrogen (secondary N) is 2. The van der Waals surface area contributed by atoms with E-state index < -0.39 is 10.0 Å². The van der Waals surface area contributed by atoms with Gasteiger partial charge in [0.2, 0.25) is 10.0 Å². The Labute approximate surface area is 135 Å². The summed E-state index contributed by atoms with van der Waals surface area (Å²) in [5.74, 6) is 2.80. The van der Waals surface area contributed by atoms with Crippen LogP contribution in [0.25, 0.3) is 0 Å². The molecule has 0 unspecified atom stereocenters. The monoisotopic (exact) mass is 346 g/mol. The minimum absolute atomic E-state index is 0.464. The van der Waals surface area contributed by atoms with Crippen molar-refractivity contribution in [3.63, 3.8) is 0 Å². The van der Waals surface area contributed by atoms with Crippen molar-refractivity contribution < 1.29 is 8.42 Å². The fourth-order valence-electron chi connectivity index (χ4n) is 2.48. The number of hydrogen-bond acceptors (Lipinski definition) is 5. The summed E-state index contributed by atoms with van der Waals surface area (Å²) in [6.45, 7) is 1.24. The van der Waals surface area contributed by atoms with E-state index in [1.54, 1.807) is 6.07 Å². The molecule has 2 fully saturated rings. The van der Waals surface area contributed by atoms with Gasteiger partial charge in [-0.2, -0.15) is 11.8 Å². The molecule has 0 aromatic carbocycles. The zero-order valence-electron chi connectivity index (χ0n) is 12.0. The van der Waals surface area contributed by atoms with Gasteiger partial charge in [0, 0.05) is 24.0 Å². The molecule has 21 heavy (non-hydrogen) atoms. The topological polar surface area (TPSA) is 58.2 Å². The van der Waals surface area contributed by atoms with Crippen molar-refractivity contribution in [1.82, 2.24) is 10.0 Å². The van der Waals surface area contributed by atoms with Crippen molar-refractivity contribution in [3.8, 4) is 0 Å². The van der Waals surface area contributed by atoms with E-state index in [1.165, 1.54) is 24.2 Å². The quantitative estimate of drug-likeness (QED) is 0.796. The van der Waals surface area contributed by atoms with Gasteiger partial charge in [-0.05, 0) is 54.6 Å². The fourth-order valence-corrected chi connectivity index (χ4v) is 6.19. The average molecular weight is 347 g/mol. The summed E-state index contributed by atoms with van der Waals surface area (Å²) < 4.78 is 27.8. The maximum atomic E-state index is 12.5. The number of thioether (sulfide) groups is 1. The third-order valence-electron chi connectivity index (χ3n) is 4.03. The summed E-state index contributed by atoms with van der Waals surface area (Å²) in [5, 5.41) is 5.26. The first-order valence-corrected chi connectivity index (χ1v) is 11.0. The SMILES string of the molecule is O=S(=O)(NCC1CCSCC1)c1ccsc1CNC1CC1. The van der Waals surface area contributed by atoms with Crippen molar-refractivity contribution in [2.45, 2.75) is 43.2 Å². The zero-order chi connectivity index (χ0) is 14.7. The molecule has 1 saturated heterocycles. The van der Waals surface area contributed by atoms with Gasteiger partial charge in [-0.1, -0.05) is 0 Å². The molecule has 2 aliphatic rings. The molecular formula is C14H22N2O2S3. The predicted octanol–water partition coefficient (Wildman–Crippen LogP) is 2.42. The van der Waals surface area contributed by atoms with Crippen LogP contribution in [-0.2, 0) is 16.6 Å². The molecule has 118 valence electrons. The number of hydrogen-bond donors (Lipinski definition) is 2. The molecule has 2 N–H and O–H groups in total. The Bertz CT molecular complexity index is 561. The summed E-state index contributed by atoms with van der Waals surface area (Å²) in [7, 11) is -3.36. The highest BCUT2D eigenvalue weighted by Crippen LogP contribution is 2.26. The Hall–Kier alpha value is -0.0800. The van der Waals surface area contributed by atoms with E-state index in [0.717, 1.165) is 29.2 Å². The second-order valence-corrected chi connectivity index (χ2v) is 9.73. The standard InChI is InChI=1S/C14H22N2O2S3/c17-21(18,16-9-11-3-6-19-7-4-11)14-5-8-20-13(14)10-15-12-1-2-12/h5,8,11-12,15-16H,1-4,6-7,9-10H2. The highest BCUT2D eigenvalue weighted by molar-refractivity contribution is 7.99. The maximum Gasteiger partial charge on any atom is 0.241 e. The van der Waals surface area contributed by atoms with Gasteiger partial charge >= 0.3 is 0 Å². The third-order valence-corrected chi connectivity index (χ3v) is 7.63. The lowest BCUT2D eigenvalue weighted by Crippen LogP contribution is -2.31. The van der Waals surface area contributed by atoms with Gasteiger partial charge in [0.1, 0.15) is 0 Å². The van der Waals surface area contributed by atoms with Crippen LogP contribution in [0, 0.1) is 5.92 Å². The summed E-state index contributed by atoms with van der Waals surface area (Å²) in [6.07, 6.45) is 4.66. The van der Waals surface area contributed by atoms with Crippen LogP contribution in [0.3, 0.4) is 0 Å². The van der Waals surface area contributed by atoms with Crippen LogP contribution in [0.5, 0.6) is 0 Å². The Balaban J connectivity index is 1.59. The molecule has 1 aromatic heterocycles. The molecule has 4 nitrogen and oxygen atoms in total. The summed E-state index contributed by atoms with van der Waals surface area (Å²) >= 11 is 3.49. The van der Waals surface area contributed by atoms with E-state index in [-0.39, 0.29) is 0 Å². The fraction of sp³-hybridized carbons (Fsp3) is 0.714. The van der Waals surface area contributed by atoms with Crippen LogP contribution < -0.4 is 10.0 Å². The average Bonchev–Trinajstić information content (AvgIpc) is 3.20. The normalized spacial score (nSPS) is 20.8. The lowest BCUT2D eigenvalue weighted by molar-refractivity contribution is 0.476. The van der Waals surface area contributed by atoms with Gasteiger partial charge in [-0.25, -0.2) is 13.1 Å². The van der Waals surface area contributed by atoms with Crippen LogP contribution in [-0.4, -0.2) is 32.5 Å². The number of sulfonamides is 1. The van der Waals surface area contributed by atoms with E-state index in [4.69, 9.17) is 0 Å². The molecule has 1 aromatic rings. The molecule has 1 saturated carbocycles. The van der Waals surface area contributed by atoms with Gasteiger partial charge in [0.05, 0.1) is 4.90 Å². The first kappa shape index (κ1) is 15.8. The van der Waals surface area contributed by atoms with Crippen molar-refractivity contribution in [1.29, 1.82) is 0 Å². The Morgan fingerprint density at radius 1 is 1.19 bits per heavy atom. The highest BCUT2D eigenvalue weighted by atomic mass is 32.2. The van der Waals surface area contributed by atoms with Crippen LogP contribution in [0.2, 0.25) is 0 Å². The Morgan fingerprint density at radius 2 is 1.95 bits per heavy atom. The smallest absolute Gasteiger partial charge is 0.241 e. The molecular weight excluding hydrogens is 324 g/mol. The molecule has 0 atom stereocenters. The summed E-state index contributed by atoms with van der Waals surface area (Å²) in [4.78, 5) is 1.39. The van der Waals surface area contributed by atoms with Gasteiger partial charge in [0.15, 0.2) is 0 Å². The lowest BCUT2D eigenvalue weighted by atomic mass is 10.0. The second-order valence-electron chi connectivity index (χ2n) is 5.77. The molecule has 3 rings (SSSR count). The van der Waals surface area contributed by atoms with E-state index in [1.807, 2.05) is 17.1 Å². The molecule has 0 spiro atoms. The molecule has 0 radical (unpaired) electrons. The minimum atomic E-state index is -3.36. The largest absolute Gasteiger partial charge is 0.309 e. The first-order chi connectivity index (χ1) is 10.1. The molecule has 2 heterocycles. The van der Waals surface area contributed by atoms with E-state index in [2.05, 4.69) is 10.0 Å². The Kier molecular flexibility index (Phi) is 5.27. The van der Waals surface area contributed by atoms with Gasteiger partial charge in [-0.15, -0.1) is 11.3 Å². The maximum absolute atomic E-state index is 12.5. The molecule has 1 aliphatic heterocycles. The van der Waals surface area contributed by atoms with Crippen molar-refractivity contribution in [3.05, 3.63) is 16.3 Å². The van der Waals surface area contributed by atoms with Gasteiger partial charge < -0.3 is 5.32 Å². The first-order valence-electron chi connectivity index (χ1n) is 7.52. The van der Waals surface area contributed by atoms with Gasteiger partial charge in [0.25, 0.3) is 0 Å². The van der Waals surface area contributed by atoms with Crippen molar-refractivity contribution in [2.75, 3.05) is 18.1 Å². The summed E-state index contributed by atoms with van der Waals surface area (Å²) in [5.41, 5.74) is 0. The molecule has 0 amide bonds. The predicted molar refractivity (Wildman–Crippen MR) is 89.4 cm³/mol. The van der Waals surface area contributed by atoms with Crippen LogP contribution in [0.15, 0.2) is 16.3 Å². The van der Waals surface area contributed by atoms with Crippen LogP contribution in [0.4, 0.5) is 0 Å². The zero-order valence-corrected chi connectivity index (χ0v) is 14.5. The van der Waals surface area contributed by atoms with E-state index in [0.29, 0.717) is 29.9 Å². The van der Waals surface area contributed by atoms with Crippen molar-refractivity contribution >= 4 is 33.1 Å². The third kappa shape index (κ3) is 4.45. The van der Waals surface area contributed by atoms with E-state index in [9.17, 15) is 8.42 Å². The molecule has 0 bridgehead atoms. The minimum Gasteiger partial charge on any atom is -0.309 e. The van der Waals surface area contributed by atoms with Crippen molar-refractivity contribution in [2.24, 2.45) is 5.92 Å². The van der Waals surface area contributed by atoms with Crippen LogP contribution in [0.1, 0.15) is 30.6 Å².